The van der Waals surface area contributed by atoms with E-state index in [4.69, 9.17) is 9.72 Å². The lowest BCUT2D eigenvalue weighted by atomic mass is 10.1. The summed E-state index contributed by atoms with van der Waals surface area (Å²) in [5.41, 5.74) is 6.85. The fourth-order valence-corrected chi connectivity index (χ4v) is 5.33. The van der Waals surface area contributed by atoms with Gasteiger partial charge < -0.3 is 9.72 Å². The lowest BCUT2D eigenvalue weighted by molar-refractivity contribution is 0.305. The molecule has 0 aliphatic rings. The summed E-state index contributed by atoms with van der Waals surface area (Å²) in [6, 6.07) is 20.3. The van der Waals surface area contributed by atoms with Gasteiger partial charge in [-0.25, -0.2) is 15.0 Å². The molecule has 0 spiro atoms. The molecule has 38 heavy (non-hydrogen) atoms. The van der Waals surface area contributed by atoms with Gasteiger partial charge in [-0.1, -0.05) is 30.3 Å². The second kappa shape index (κ2) is 9.20. The average molecular weight is 516 g/mol. The average Bonchev–Trinajstić information content (AvgIpc) is 3.70. The fourth-order valence-electron chi connectivity index (χ4n) is 4.44. The molecule has 0 saturated heterocycles. The van der Waals surface area contributed by atoms with Crippen molar-refractivity contribution in [2.45, 2.75) is 13.5 Å². The monoisotopic (exact) mass is 515 g/mol. The highest BCUT2D eigenvalue weighted by molar-refractivity contribution is 7.15. The molecule has 0 unspecified atom stereocenters. The lowest BCUT2D eigenvalue weighted by Gasteiger charge is -2.08. The van der Waals surface area contributed by atoms with E-state index < -0.39 is 0 Å². The zero-order chi connectivity index (χ0) is 25.5. The Morgan fingerprint density at radius 3 is 2.66 bits per heavy atom. The van der Waals surface area contributed by atoms with Crippen LogP contribution in [0.5, 0.6) is 5.75 Å². The summed E-state index contributed by atoms with van der Waals surface area (Å²) in [7, 11) is 0. The number of imidazole rings is 1. The number of pyridine rings is 3. The zero-order valence-electron chi connectivity index (χ0n) is 20.3. The van der Waals surface area contributed by atoms with Gasteiger partial charge in [-0.2, -0.15) is 5.10 Å². The highest BCUT2D eigenvalue weighted by Gasteiger charge is 2.17. The molecule has 1 aromatic carbocycles. The molecule has 0 aliphatic carbocycles. The molecular formula is C29H21N7OS. The minimum Gasteiger partial charge on any atom is -0.487 e. The summed E-state index contributed by atoms with van der Waals surface area (Å²) < 4.78 is 5.98. The topological polar surface area (TPSA) is 105 Å². The number of ether oxygens (including phenoxy) is 1. The van der Waals surface area contributed by atoms with Crippen LogP contribution in [0.3, 0.4) is 0 Å². The van der Waals surface area contributed by atoms with Crippen molar-refractivity contribution in [3.8, 4) is 38.8 Å². The van der Waals surface area contributed by atoms with Gasteiger partial charge in [0, 0.05) is 45.0 Å². The molecule has 0 fully saturated rings. The maximum atomic E-state index is 5.98. The third-order valence-electron chi connectivity index (χ3n) is 6.33. The van der Waals surface area contributed by atoms with Crippen LogP contribution < -0.4 is 4.74 Å². The second-order valence-electron chi connectivity index (χ2n) is 8.93. The van der Waals surface area contributed by atoms with Gasteiger partial charge in [-0.3, -0.25) is 10.1 Å². The van der Waals surface area contributed by atoms with Crippen molar-refractivity contribution >= 4 is 33.5 Å². The highest BCUT2D eigenvalue weighted by Crippen LogP contribution is 2.34. The summed E-state index contributed by atoms with van der Waals surface area (Å²) in [5, 5.41) is 8.42. The number of aryl methyl sites for hydroxylation is 1. The van der Waals surface area contributed by atoms with E-state index in [1.54, 1.807) is 36.1 Å². The van der Waals surface area contributed by atoms with Crippen molar-refractivity contribution in [1.29, 1.82) is 0 Å². The maximum absolute atomic E-state index is 5.98. The minimum absolute atomic E-state index is 0.474. The number of nitrogens with one attached hydrogen (secondary N) is 2. The van der Waals surface area contributed by atoms with Gasteiger partial charge in [-0.15, -0.1) is 11.3 Å². The molecule has 0 bridgehead atoms. The first-order valence-electron chi connectivity index (χ1n) is 12.1. The summed E-state index contributed by atoms with van der Waals surface area (Å²) >= 11 is 1.74. The fraction of sp³-hybridized carbons (Fsp3) is 0.0690. The number of thiophene rings is 1. The quantitative estimate of drug-likeness (QED) is 0.259. The minimum atomic E-state index is 0.474. The third-order valence-corrected chi connectivity index (χ3v) is 7.36. The van der Waals surface area contributed by atoms with Crippen molar-refractivity contribution in [2.24, 2.45) is 0 Å². The van der Waals surface area contributed by atoms with Crippen molar-refractivity contribution in [2.75, 3.05) is 0 Å². The molecule has 2 N–H and O–H groups in total. The number of aromatic nitrogens is 7. The highest BCUT2D eigenvalue weighted by atomic mass is 32.1. The van der Waals surface area contributed by atoms with E-state index >= 15 is 0 Å². The van der Waals surface area contributed by atoms with Gasteiger partial charge in [-0.05, 0) is 42.8 Å². The molecule has 0 atom stereocenters. The molecular weight excluding hydrogens is 494 g/mol. The molecule has 0 saturated carbocycles. The van der Waals surface area contributed by atoms with Crippen LogP contribution in [-0.2, 0) is 6.61 Å². The largest absolute Gasteiger partial charge is 0.487 e. The van der Waals surface area contributed by atoms with E-state index in [0.29, 0.717) is 29.5 Å². The predicted molar refractivity (Wildman–Crippen MR) is 149 cm³/mol. The number of aromatic amines is 2. The van der Waals surface area contributed by atoms with Crippen LogP contribution >= 0.6 is 11.3 Å². The number of rotatable bonds is 6. The van der Waals surface area contributed by atoms with E-state index in [0.717, 1.165) is 43.7 Å². The first-order valence-corrected chi connectivity index (χ1v) is 12.9. The smallest absolute Gasteiger partial charge is 0.161 e. The summed E-state index contributed by atoms with van der Waals surface area (Å²) in [5.74, 6) is 1.33. The Bertz CT molecular complexity index is 1910. The van der Waals surface area contributed by atoms with Crippen LogP contribution in [0.2, 0.25) is 0 Å². The first kappa shape index (κ1) is 22.3. The van der Waals surface area contributed by atoms with Crippen LogP contribution in [0.1, 0.15) is 10.4 Å². The number of hydrogen-bond donors (Lipinski definition) is 2. The van der Waals surface area contributed by atoms with Crippen molar-refractivity contribution in [1.82, 2.24) is 35.1 Å². The Kier molecular flexibility index (Phi) is 5.41. The number of benzene rings is 1. The van der Waals surface area contributed by atoms with Gasteiger partial charge in [0.2, 0.25) is 0 Å². The second-order valence-corrected chi connectivity index (χ2v) is 10.2. The van der Waals surface area contributed by atoms with E-state index in [1.807, 2.05) is 48.5 Å². The normalized spacial score (nSPS) is 11.4. The van der Waals surface area contributed by atoms with Crippen molar-refractivity contribution in [3.05, 3.63) is 95.9 Å². The van der Waals surface area contributed by atoms with E-state index in [1.165, 1.54) is 4.88 Å². The van der Waals surface area contributed by atoms with Gasteiger partial charge in [0.1, 0.15) is 23.6 Å². The Labute approximate surface area is 221 Å². The zero-order valence-corrected chi connectivity index (χ0v) is 21.2. The van der Waals surface area contributed by atoms with Crippen LogP contribution in [0, 0.1) is 6.92 Å². The molecule has 9 heteroatoms. The van der Waals surface area contributed by atoms with E-state index in [2.05, 4.69) is 49.2 Å². The molecule has 7 rings (SSSR count). The van der Waals surface area contributed by atoms with Crippen LogP contribution in [0.4, 0.5) is 0 Å². The predicted octanol–water partition coefficient (Wildman–Crippen LogP) is 6.57. The molecule has 0 aliphatic heterocycles. The third kappa shape index (κ3) is 4.08. The van der Waals surface area contributed by atoms with Crippen molar-refractivity contribution in [3.63, 3.8) is 0 Å². The molecule has 6 aromatic heterocycles. The van der Waals surface area contributed by atoms with Crippen LogP contribution in [-0.4, -0.2) is 35.1 Å². The Hall–Kier alpha value is -4.89. The number of H-pyrrole nitrogens is 2. The van der Waals surface area contributed by atoms with Gasteiger partial charge >= 0.3 is 0 Å². The molecule has 184 valence electrons. The Balaban J connectivity index is 1.24. The van der Waals surface area contributed by atoms with Gasteiger partial charge in [0.05, 0.1) is 11.6 Å². The molecule has 8 nitrogen and oxygen atoms in total. The number of hydrogen-bond acceptors (Lipinski definition) is 7. The maximum Gasteiger partial charge on any atom is 0.161 e. The van der Waals surface area contributed by atoms with E-state index in [9.17, 15) is 0 Å². The van der Waals surface area contributed by atoms with Crippen molar-refractivity contribution < 1.29 is 4.74 Å². The van der Waals surface area contributed by atoms with Gasteiger partial charge in [0.15, 0.2) is 17.1 Å². The summed E-state index contributed by atoms with van der Waals surface area (Å²) in [4.78, 5) is 24.2. The number of nitrogens with zero attached hydrogens (tertiary/aromatic N) is 5. The molecule has 0 radical (unpaired) electrons. The first-order chi connectivity index (χ1) is 18.7. The number of fused-ring (bicyclic) bond motifs is 2. The SMILES string of the molecule is Cc1ccc(-c2ccnc3[nH]c(-c4n[nH]c5ncc(-c6cncc(OCc7ccccc7)c6)cc45)nc23)s1. The lowest BCUT2D eigenvalue weighted by Crippen LogP contribution is -1.96. The van der Waals surface area contributed by atoms with Gasteiger partial charge in [0.25, 0.3) is 0 Å². The Morgan fingerprint density at radius 1 is 0.895 bits per heavy atom. The standard InChI is InChI=1S/C29H21N7OS/c1-17-7-8-24(38-17)22-9-10-31-28-25(22)33-29(34-28)26-23-12-20(14-32-27(23)36-35-26)19-11-21(15-30-13-19)37-16-18-5-3-2-4-6-18/h2-15H,16H2,1H3,(H,31,33,34)(H,32,35,36). The molecule has 6 heterocycles. The summed E-state index contributed by atoms with van der Waals surface area (Å²) in [6.07, 6.45) is 7.13. The molecule has 7 aromatic rings. The Morgan fingerprint density at radius 2 is 1.79 bits per heavy atom. The van der Waals surface area contributed by atoms with Crippen LogP contribution in [0.15, 0.2) is 85.5 Å². The van der Waals surface area contributed by atoms with Crippen LogP contribution in [0.25, 0.3) is 55.3 Å². The summed E-state index contributed by atoms with van der Waals surface area (Å²) in [6.45, 7) is 2.58. The van der Waals surface area contributed by atoms with E-state index in [-0.39, 0.29) is 0 Å². The molecule has 0 amide bonds.